The van der Waals surface area contributed by atoms with Crippen molar-refractivity contribution in [2.45, 2.75) is 285 Å². The van der Waals surface area contributed by atoms with Crippen LogP contribution in [-0.2, 0) is 13.3 Å². The van der Waals surface area contributed by atoms with E-state index in [0.717, 1.165) is 18.1 Å². The van der Waals surface area contributed by atoms with Crippen molar-refractivity contribution >= 4 is 49.2 Å². The molecule has 0 radical (unpaired) electrons. The summed E-state index contributed by atoms with van der Waals surface area (Å²) in [5, 5.41) is 0.498. The fourth-order valence-electron chi connectivity index (χ4n) is 10.9. The van der Waals surface area contributed by atoms with E-state index in [1.165, 1.54) is 76.3 Å². The zero-order chi connectivity index (χ0) is 46.5. The molecule has 0 aromatic rings. The molecule has 3 nitrogen and oxygen atoms in total. The van der Waals surface area contributed by atoms with Crippen LogP contribution in [0.25, 0.3) is 0 Å². The Labute approximate surface area is 374 Å². The Kier molecular flexibility index (Phi) is 21.4. The van der Waals surface area contributed by atoms with Gasteiger partial charge in [0.1, 0.15) is 0 Å². The van der Waals surface area contributed by atoms with Crippen molar-refractivity contribution in [3.63, 3.8) is 0 Å². The summed E-state index contributed by atoms with van der Waals surface area (Å²) in [5.41, 5.74) is -0.295. The van der Waals surface area contributed by atoms with Gasteiger partial charge in [0.2, 0.25) is 0 Å². The van der Waals surface area contributed by atoms with Crippen LogP contribution in [0.2, 0.25) is 127 Å². The van der Waals surface area contributed by atoms with E-state index in [1.807, 2.05) is 0 Å². The predicted octanol–water partition coefficient (Wildman–Crippen LogP) is 18.1. The molecule has 0 fully saturated rings. The molecular formula is C49H112O3Si6. The molecule has 0 aromatic carbocycles. The van der Waals surface area contributed by atoms with Gasteiger partial charge < -0.3 is 13.3 Å². The molecule has 0 saturated heterocycles. The zero-order valence-electron chi connectivity index (χ0n) is 45.6. The van der Waals surface area contributed by atoms with Gasteiger partial charge in [-0.2, -0.15) is 0 Å². The van der Waals surface area contributed by atoms with Gasteiger partial charge in [0.25, 0.3) is 0 Å². The maximum atomic E-state index is 7.38. The smallest absolute Gasteiger partial charge is 0.186 e. The van der Waals surface area contributed by atoms with Crippen molar-refractivity contribution in [3.05, 3.63) is 0 Å². The molecule has 0 N–H and O–H groups in total. The number of unbranched alkanes of at least 4 members (excludes halogenated alkanes) is 2. The van der Waals surface area contributed by atoms with Crippen molar-refractivity contribution < 1.29 is 13.3 Å². The molecule has 0 bridgehead atoms. The molecule has 9 heteroatoms. The number of rotatable bonds is 29. The minimum atomic E-state index is -2.00. The van der Waals surface area contributed by atoms with Gasteiger partial charge in [-0.05, 0) is 145 Å². The fraction of sp³-hybridized carbons (Fsp3) is 1.00. The largest absolute Gasteiger partial charge is 0.421 e. The molecule has 350 valence electrons. The Morgan fingerprint density at radius 3 is 1.00 bits per heavy atom. The summed E-state index contributed by atoms with van der Waals surface area (Å²) in [7, 11) is -10.6. The normalized spacial score (nSPS) is 18.9. The standard InChI is InChI=1S/C49H112O3Si6/c1-42(2)33-29-31-35-48(11,53(13,14)15)46(9,44(5,6)51-55(19,20)21)37-39-57(25,26)41-50-58(27,28)40-38-47(10,45(7,8)52-56(22,23)24)49(12,54(16,17)18)36-32-30-34-43(3)4/h42-43H,29-41H2,1-28H3. The molecule has 0 amide bonds. The lowest BCUT2D eigenvalue weighted by atomic mass is 9.63. The average molecular weight is 918 g/mol. The molecule has 4 unspecified atom stereocenters. The first kappa shape index (κ1) is 59.2. The molecule has 0 aliphatic rings. The number of hydrogen-bond donors (Lipinski definition) is 0. The van der Waals surface area contributed by atoms with Crippen LogP contribution in [0, 0.1) is 22.7 Å². The van der Waals surface area contributed by atoms with E-state index in [-0.39, 0.29) is 32.1 Å². The maximum Gasteiger partial charge on any atom is 0.186 e. The third-order valence-corrected chi connectivity index (χ3v) is 32.0. The Morgan fingerprint density at radius 2 is 0.724 bits per heavy atom. The van der Waals surface area contributed by atoms with Crippen LogP contribution in [0.4, 0.5) is 0 Å². The van der Waals surface area contributed by atoms with Crippen molar-refractivity contribution in [1.29, 1.82) is 0 Å². The fourth-order valence-corrected chi connectivity index (χ4v) is 26.2. The van der Waals surface area contributed by atoms with Gasteiger partial charge >= 0.3 is 0 Å². The molecule has 0 saturated carbocycles. The second kappa shape index (κ2) is 21.0. The highest BCUT2D eigenvalue weighted by atomic mass is 28.4. The molecule has 0 rings (SSSR count). The van der Waals surface area contributed by atoms with Crippen molar-refractivity contribution in [2.24, 2.45) is 22.7 Å². The first-order valence-corrected chi connectivity index (χ1v) is 44.8. The topological polar surface area (TPSA) is 27.7 Å². The van der Waals surface area contributed by atoms with Crippen molar-refractivity contribution in [1.82, 2.24) is 0 Å². The third kappa shape index (κ3) is 16.6. The molecule has 0 aromatic heterocycles. The lowest BCUT2D eigenvalue weighted by Gasteiger charge is -2.62. The van der Waals surface area contributed by atoms with E-state index >= 15 is 0 Å². The summed E-state index contributed by atoms with van der Waals surface area (Å²) < 4.78 is 22.0. The second-order valence-corrected chi connectivity index (χ2v) is 57.3. The summed E-state index contributed by atoms with van der Waals surface area (Å²) in [6.07, 6.45) is 14.0. The summed E-state index contributed by atoms with van der Waals surface area (Å²) in [5.74, 6) is 1.55. The zero-order valence-corrected chi connectivity index (χ0v) is 51.6. The molecular weight excluding hydrogens is 805 g/mol. The molecule has 58 heavy (non-hydrogen) atoms. The average Bonchev–Trinajstić information content (AvgIpc) is 2.98. The van der Waals surface area contributed by atoms with Crippen LogP contribution in [0.3, 0.4) is 0 Å². The third-order valence-electron chi connectivity index (χ3n) is 16.3. The molecule has 0 aliphatic carbocycles. The SMILES string of the molecule is CC(C)CCCCC(C)(C(C)(CC[Si](C)(C)CO[Si](C)(C)CCC(C)(C(C)(C)O[Si](C)(C)C)C(C)(CCCCC(C)C)[Si](C)(C)C)C(C)(C)O[Si](C)(C)C)[Si](C)(C)C. The van der Waals surface area contributed by atoms with E-state index in [2.05, 4.69) is 188 Å². The summed E-state index contributed by atoms with van der Waals surface area (Å²) in [6, 6.07) is 2.48. The Balaban J connectivity index is 6.75. The van der Waals surface area contributed by atoms with Crippen molar-refractivity contribution in [3.8, 4) is 0 Å². The highest BCUT2D eigenvalue weighted by molar-refractivity contribution is 6.80. The van der Waals surface area contributed by atoms with E-state index in [9.17, 15) is 0 Å². The quantitative estimate of drug-likeness (QED) is 0.0553. The molecule has 0 aliphatic heterocycles. The summed E-state index contributed by atoms with van der Waals surface area (Å²) in [4.78, 5) is 0. The van der Waals surface area contributed by atoms with Gasteiger partial charge in [0, 0.05) is 6.23 Å². The molecule has 4 atom stereocenters. The first-order chi connectivity index (χ1) is 25.4. The Hall–Kier alpha value is 1.18. The van der Waals surface area contributed by atoms with Crippen LogP contribution < -0.4 is 0 Å². The van der Waals surface area contributed by atoms with Gasteiger partial charge in [-0.15, -0.1) is 0 Å². The highest BCUT2D eigenvalue weighted by Gasteiger charge is 2.61. The summed E-state index contributed by atoms with van der Waals surface area (Å²) >= 11 is 0. The number of hydrogen-bond acceptors (Lipinski definition) is 3. The lowest BCUT2D eigenvalue weighted by Crippen LogP contribution is -2.61. The van der Waals surface area contributed by atoms with Crippen LogP contribution in [0.5, 0.6) is 0 Å². The minimum absolute atomic E-state index is 0.0450. The van der Waals surface area contributed by atoms with Crippen LogP contribution in [0.1, 0.15) is 147 Å². The Morgan fingerprint density at radius 1 is 0.414 bits per heavy atom. The van der Waals surface area contributed by atoms with Gasteiger partial charge in [-0.25, -0.2) is 0 Å². The van der Waals surface area contributed by atoms with Crippen molar-refractivity contribution in [2.75, 3.05) is 6.23 Å². The van der Waals surface area contributed by atoms with Crippen LogP contribution in [-0.4, -0.2) is 66.6 Å². The van der Waals surface area contributed by atoms with Gasteiger partial charge in [-0.1, -0.05) is 152 Å². The second-order valence-electron chi connectivity index (χ2n) is 27.8. The van der Waals surface area contributed by atoms with E-state index in [1.54, 1.807) is 0 Å². The lowest BCUT2D eigenvalue weighted by molar-refractivity contribution is -0.0636. The van der Waals surface area contributed by atoms with Gasteiger partial charge in [-0.3, -0.25) is 0 Å². The predicted molar refractivity (Wildman–Crippen MR) is 283 cm³/mol. The summed E-state index contributed by atoms with van der Waals surface area (Å²) in [6.45, 7) is 70.7. The van der Waals surface area contributed by atoms with E-state index in [4.69, 9.17) is 13.3 Å². The monoisotopic (exact) mass is 917 g/mol. The van der Waals surface area contributed by atoms with E-state index in [0.29, 0.717) is 0 Å². The Bertz CT molecular complexity index is 1120. The molecule has 0 spiro atoms. The highest BCUT2D eigenvalue weighted by Crippen LogP contribution is 2.66. The minimum Gasteiger partial charge on any atom is -0.421 e. The van der Waals surface area contributed by atoms with Crippen LogP contribution in [0.15, 0.2) is 0 Å². The maximum absolute atomic E-state index is 7.38. The van der Waals surface area contributed by atoms with Crippen LogP contribution >= 0.6 is 0 Å². The van der Waals surface area contributed by atoms with E-state index < -0.39 is 49.2 Å². The van der Waals surface area contributed by atoms with Gasteiger partial charge in [0.05, 0.1) is 35.4 Å². The molecule has 0 heterocycles. The first-order valence-electron chi connectivity index (χ1n) is 24.4. The van der Waals surface area contributed by atoms with Gasteiger partial charge in [0.15, 0.2) is 25.0 Å².